The molecule has 35 heavy (non-hydrogen) atoms. The van der Waals surface area contributed by atoms with Gasteiger partial charge in [0.05, 0.1) is 5.56 Å². The van der Waals surface area contributed by atoms with E-state index >= 15 is 0 Å². The number of likely N-dealkylation sites (N-methyl/N-ethyl adjacent to an activating group) is 1. The van der Waals surface area contributed by atoms with Gasteiger partial charge in [0.2, 0.25) is 0 Å². The van der Waals surface area contributed by atoms with Crippen molar-refractivity contribution in [2.24, 2.45) is 0 Å². The normalized spacial score (nSPS) is 13.5. The number of H-pyrrole nitrogens is 1. The van der Waals surface area contributed by atoms with E-state index in [2.05, 4.69) is 15.2 Å². The number of nitrogens with two attached hydrogens (primary N) is 1. The predicted octanol–water partition coefficient (Wildman–Crippen LogP) is 4.64. The third-order valence-electron chi connectivity index (χ3n) is 5.65. The van der Waals surface area contributed by atoms with Crippen LogP contribution in [0.25, 0.3) is 11.6 Å². The molecule has 0 aliphatic carbocycles. The Balaban J connectivity index is 2.32. The van der Waals surface area contributed by atoms with Crippen molar-refractivity contribution in [1.29, 1.82) is 0 Å². The van der Waals surface area contributed by atoms with Crippen molar-refractivity contribution < 1.29 is 18.4 Å². The van der Waals surface area contributed by atoms with Crippen LogP contribution in [0.2, 0.25) is 0 Å². The molecule has 0 saturated heterocycles. The van der Waals surface area contributed by atoms with Crippen LogP contribution in [0, 0.1) is 6.92 Å². The molecule has 4 N–H and O–H groups in total. The number of carbonyl (C=O) groups is 2. The smallest absolute Gasteiger partial charge is 0.253 e. The quantitative estimate of drug-likeness (QED) is 0.177. The standard InChI is InChI=1S/C27H34F2N4O2/c1-5-33(4)13-12-31-27(35)23-16-32-25(19(23)3)15-21(17-34)26-20(9-7-11-24(26)30)14-22(29)10-6-8-18(2)28/h6-11,15-18,32H,5,12-14,30H2,1-4H3,(H,31,35)/b8-6-,21-15+,22-10+. The Bertz CT molecular complexity index is 1120. The van der Waals surface area contributed by atoms with Crippen molar-refractivity contribution in [1.82, 2.24) is 15.2 Å². The second-order valence-electron chi connectivity index (χ2n) is 8.34. The van der Waals surface area contributed by atoms with Crippen LogP contribution >= 0.6 is 0 Å². The van der Waals surface area contributed by atoms with E-state index in [1.807, 2.05) is 14.0 Å². The molecule has 0 fully saturated rings. The summed E-state index contributed by atoms with van der Waals surface area (Å²) in [7, 11) is 1.98. The summed E-state index contributed by atoms with van der Waals surface area (Å²) in [6, 6.07) is 5.00. The zero-order valence-electron chi connectivity index (χ0n) is 20.7. The summed E-state index contributed by atoms with van der Waals surface area (Å²) in [6.07, 6.45) is 6.30. The molecule has 0 aliphatic rings. The molecule has 0 aliphatic heterocycles. The highest BCUT2D eigenvalue weighted by atomic mass is 19.1. The van der Waals surface area contributed by atoms with Crippen LogP contribution in [0.5, 0.6) is 0 Å². The number of hydrogen-bond donors (Lipinski definition) is 3. The number of aldehydes is 1. The number of nitrogens with one attached hydrogen (secondary N) is 2. The van der Waals surface area contributed by atoms with Crippen molar-refractivity contribution in [2.75, 3.05) is 32.4 Å². The summed E-state index contributed by atoms with van der Waals surface area (Å²) in [4.78, 5) is 29.8. The van der Waals surface area contributed by atoms with Crippen LogP contribution < -0.4 is 11.1 Å². The first kappa shape index (κ1) is 27.7. The largest absolute Gasteiger partial charge is 0.398 e. The Morgan fingerprint density at radius 3 is 2.74 bits per heavy atom. The van der Waals surface area contributed by atoms with E-state index in [0.717, 1.165) is 13.1 Å². The molecule has 0 spiro atoms. The number of amides is 1. The molecule has 2 aromatic rings. The minimum absolute atomic E-state index is 0.111. The molecule has 2 rings (SSSR count). The maximum absolute atomic E-state index is 14.5. The van der Waals surface area contributed by atoms with Crippen LogP contribution in [-0.2, 0) is 11.2 Å². The van der Waals surface area contributed by atoms with Crippen LogP contribution in [0.15, 0.2) is 48.5 Å². The van der Waals surface area contributed by atoms with Crippen molar-refractivity contribution in [3.63, 3.8) is 0 Å². The van der Waals surface area contributed by atoms with Gasteiger partial charge in [-0.1, -0.05) is 31.2 Å². The SMILES string of the molecule is CCN(C)CCNC(=O)c1c[nH]c(/C=C(\C=O)c2c(N)cccc2C/C(F)=C\C=C/C(C)F)c1C. The molecule has 0 radical (unpaired) electrons. The Kier molecular flexibility index (Phi) is 10.6. The summed E-state index contributed by atoms with van der Waals surface area (Å²) in [6.45, 7) is 7.32. The molecular formula is C27H34F2N4O2. The van der Waals surface area contributed by atoms with E-state index in [-0.39, 0.29) is 17.9 Å². The topological polar surface area (TPSA) is 91.2 Å². The fourth-order valence-corrected chi connectivity index (χ4v) is 3.50. The zero-order valence-corrected chi connectivity index (χ0v) is 20.7. The van der Waals surface area contributed by atoms with E-state index in [9.17, 15) is 18.4 Å². The molecule has 1 atom stereocenters. The number of aromatic nitrogens is 1. The van der Waals surface area contributed by atoms with E-state index in [0.29, 0.717) is 46.5 Å². The maximum Gasteiger partial charge on any atom is 0.253 e. The highest BCUT2D eigenvalue weighted by Crippen LogP contribution is 2.29. The molecule has 6 nitrogen and oxygen atoms in total. The van der Waals surface area contributed by atoms with Gasteiger partial charge >= 0.3 is 0 Å². The Hall–Kier alpha value is -3.52. The summed E-state index contributed by atoms with van der Waals surface area (Å²) < 4.78 is 27.4. The molecule has 1 aromatic carbocycles. The highest BCUT2D eigenvalue weighted by molar-refractivity contribution is 6.16. The summed E-state index contributed by atoms with van der Waals surface area (Å²) in [5, 5.41) is 2.89. The number of nitrogens with zero attached hydrogens (tertiary/aromatic N) is 1. The maximum atomic E-state index is 14.5. The second kappa shape index (κ2) is 13.4. The Morgan fingerprint density at radius 1 is 1.34 bits per heavy atom. The summed E-state index contributed by atoms with van der Waals surface area (Å²) in [5.41, 5.74) is 9.40. The molecule has 1 unspecified atom stereocenters. The van der Waals surface area contributed by atoms with E-state index in [4.69, 9.17) is 5.73 Å². The van der Waals surface area contributed by atoms with Gasteiger partial charge in [-0.25, -0.2) is 8.78 Å². The molecular weight excluding hydrogens is 450 g/mol. The van der Waals surface area contributed by atoms with E-state index in [1.165, 1.54) is 25.2 Å². The number of carbonyl (C=O) groups excluding carboxylic acids is 2. The Morgan fingerprint density at radius 2 is 2.09 bits per heavy atom. The van der Waals surface area contributed by atoms with Gasteiger partial charge < -0.3 is 20.9 Å². The lowest BCUT2D eigenvalue weighted by molar-refractivity contribution is -0.103. The molecule has 1 aromatic heterocycles. The first-order chi connectivity index (χ1) is 16.7. The fourth-order valence-electron chi connectivity index (χ4n) is 3.50. The predicted molar refractivity (Wildman–Crippen MR) is 138 cm³/mol. The molecule has 0 saturated carbocycles. The van der Waals surface area contributed by atoms with Gasteiger partial charge in [-0.05, 0) is 56.8 Å². The lowest BCUT2D eigenvalue weighted by atomic mass is 9.94. The van der Waals surface area contributed by atoms with Gasteiger partial charge in [0.1, 0.15) is 12.0 Å². The van der Waals surface area contributed by atoms with E-state index < -0.39 is 12.0 Å². The average molecular weight is 485 g/mol. The summed E-state index contributed by atoms with van der Waals surface area (Å²) >= 11 is 0. The van der Waals surface area contributed by atoms with Gasteiger partial charge in [-0.15, -0.1) is 0 Å². The van der Waals surface area contributed by atoms with Gasteiger partial charge in [-0.2, -0.15) is 0 Å². The molecule has 1 heterocycles. The number of nitrogen functional groups attached to an aromatic ring is 1. The fraction of sp³-hybridized carbons (Fsp3) is 0.333. The molecule has 188 valence electrons. The first-order valence-electron chi connectivity index (χ1n) is 11.5. The minimum Gasteiger partial charge on any atom is -0.398 e. The Labute approximate surface area is 205 Å². The number of halogens is 2. The van der Waals surface area contributed by atoms with E-state index in [1.54, 1.807) is 37.4 Å². The van der Waals surface area contributed by atoms with Gasteiger partial charge in [-0.3, -0.25) is 9.59 Å². The zero-order chi connectivity index (χ0) is 26.0. The third kappa shape index (κ3) is 8.03. The molecule has 0 bridgehead atoms. The lowest BCUT2D eigenvalue weighted by Crippen LogP contribution is -2.33. The third-order valence-corrected chi connectivity index (χ3v) is 5.65. The minimum atomic E-state index is -1.18. The van der Waals surface area contributed by atoms with Crippen LogP contribution in [0.1, 0.15) is 46.6 Å². The average Bonchev–Trinajstić information content (AvgIpc) is 3.17. The van der Waals surface area contributed by atoms with Crippen molar-refractivity contribution in [3.05, 3.63) is 76.4 Å². The van der Waals surface area contributed by atoms with Gasteiger partial charge in [0.15, 0.2) is 6.29 Å². The van der Waals surface area contributed by atoms with Crippen molar-refractivity contribution in [2.45, 2.75) is 33.4 Å². The summed E-state index contributed by atoms with van der Waals surface area (Å²) in [5.74, 6) is -0.707. The van der Waals surface area contributed by atoms with Crippen LogP contribution in [-0.4, -0.2) is 54.9 Å². The second-order valence-corrected chi connectivity index (χ2v) is 8.34. The number of aromatic amines is 1. The van der Waals surface area contributed by atoms with Crippen LogP contribution in [0.4, 0.5) is 14.5 Å². The van der Waals surface area contributed by atoms with Crippen LogP contribution in [0.3, 0.4) is 0 Å². The number of benzene rings is 1. The van der Waals surface area contributed by atoms with Crippen molar-refractivity contribution in [3.8, 4) is 0 Å². The van der Waals surface area contributed by atoms with Crippen molar-refractivity contribution >= 4 is 29.5 Å². The number of hydrogen-bond acceptors (Lipinski definition) is 4. The molecule has 8 heteroatoms. The number of rotatable bonds is 12. The monoisotopic (exact) mass is 484 g/mol. The first-order valence-corrected chi connectivity index (χ1v) is 11.5. The van der Waals surface area contributed by atoms with Gasteiger partial charge in [0, 0.05) is 48.2 Å². The number of anilines is 1. The number of alkyl halides is 1. The highest BCUT2D eigenvalue weighted by Gasteiger charge is 2.16. The molecule has 1 amide bonds. The van der Waals surface area contributed by atoms with Gasteiger partial charge in [0.25, 0.3) is 5.91 Å². The lowest BCUT2D eigenvalue weighted by Gasteiger charge is -2.14. The number of allylic oxidation sites excluding steroid dienone is 5.